The summed E-state index contributed by atoms with van der Waals surface area (Å²) in [6.07, 6.45) is 0.818. The van der Waals surface area contributed by atoms with E-state index in [4.69, 9.17) is 16.3 Å². The van der Waals surface area contributed by atoms with Gasteiger partial charge >= 0.3 is 0 Å². The van der Waals surface area contributed by atoms with Gasteiger partial charge in [-0.25, -0.2) is 0 Å². The fourth-order valence-electron chi connectivity index (χ4n) is 2.52. The molecule has 0 aliphatic rings. The fourth-order valence-corrected chi connectivity index (χ4v) is 2.86. The third-order valence-corrected chi connectivity index (χ3v) is 4.10. The molecule has 1 atom stereocenters. The Morgan fingerprint density at radius 3 is 2.38 bits per heavy atom. The first-order valence-corrected chi connectivity index (χ1v) is 7.88. The maximum absolute atomic E-state index is 6.70. The zero-order chi connectivity index (χ0) is 15.4. The summed E-state index contributed by atoms with van der Waals surface area (Å²) < 4.78 is 5.72. The van der Waals surface area contributed by atoms with Crippen LogP contribution in [0.1, 0.15) is 40.1 Å². The van der Waals surface area contributed by atoms with Gasteiger partial charge in [-0.15, -0.1) is 11.6 Å². The Balaban J connectivity index is 2.29. The van der Waals surface area contributed by atoms with Crippen molar-refractivity contribution in [2.75, 3.05) is 6.61 Å². The Kier molecular flexibility index (Phi) is 5.30. The van der Waals surface area contributed by atoms with Crippen LogP contribution in [0, 0.1) is 20.8 Å². The molecule has 1 nitrogen and oxygen atoms in total. The summed E-state index contributed by atoms with van der Waals surface area (Å²) in [5.41, 5.74) is 6.16. The van der Waals surface area contributed by atoms with Crippen molar-refractivity contribution in [1.29, 1.82) is 0 Å². The lowest BCUT2D eigenvalue weighted by Gasteiger charge is -2.17. The molecule has 1 unspecified atom stereocenters. The van der Waals surface area contributed by atoms with Gasteiger partial charge in [0.05, 0.1) is 12.0 Å². The molecular formula is C19H23ClO. The Labute approximate surface area is 132 Å². The second-order valence-electron chi connectivity index (χ2n) is 5.58. The molecule has 112 valence electrons. The Bertz CT molecular complexity index is 619. The summed E-state index contributed by atoms with van der Waals surface area (Å²) in [6.45, 7) is 8.99. The van der Waals surface area contributed by atoms with Crippen LogP contribution >= 0.6 is 11.6 Å². The van der Waals surface area contributed by atoms with E-state index in [9.17, 15) is 0 Å². The van der Waals surface area contributed by atoms with Crippen LogP contribution in [0.4, 0.5) is 0 Å². The predicted octanol–water partition coefficient (Wildman–Crippen LogP) is 5.53. The molecule has 0 radical (unpaired) electrons. The van der Waals surface area contributed by atoms with Gasteiger partial charge in [0.1, 0.15) is 5.75 Å². The number of ether oxygens (including phenoxy) is 1. The van der Waals surface area contributed by atoms with E-state index in [-0.39, 0.29) is 5.38 Å². The average Bonchev–Trinajstić information content (AvgIpc) is 2.45. The number of alkyl halides is 1. The van der Waals surface area contributed by atoms with E-state index < -0.39 is 0 Å². The number of rotatable bonds is 5. The lowest BCUT2D eigenvalue weighted by atomic mass is 9.97. The van der Waals surface area contributed by atoms with Crippen LogP contribution in [0.3, 0.4) is 0 Å². The quantitative estimate of drug-likeness (QED) is 0.660. The van der Waals surface area contributed by atoms with Crippen LogP contribution in [0.2, 0.25) is 0 Å². The van der Waals surface area contributed by atoms with Crippen LogP contribution in [-0.2, 0) is 6.42 Å². The maximum atomic E-state index is 6.70. The summed E-state index contributed by atoms with van der Waals surface area (Å²) in [5, 5.41) is -0.0769. The molecular weight excluding hydrogens is 280 g/mol. The molecule has 0 N–H and O–H groups in total. The first-order chi connectivity index (χ1) is 10.0. The molecule has 21 heavy (non-hydrogen) atoms. The second kappa shape index (κ2) is 7.00. The molecule has 0 aliphatic carbocycles. The van der Waals surface area contributed by atoms with Crippen molar-refractivity contribution in [3.63, 3.8) is 0 Å². The van der Waals surface area contributed by atoms with Crippen LogP contribution in [0.15, 0.2) is 36.4 Å². The van der Waals surface area contributed by atoms with Gasteiger partial charge in [-0.1, -0.05) is 41.5 Å². The number of hydrogen-bond acceptors (Lipinski definition) is 1. The Hall–Kier alpha value is -1.47. The van der Waals surface area contributed by atoms with E-state index in [1.807, 2.05) is 13.0 Å². The fraction of sp³-hybridized carbons (Fsp3) is 0.368. The van der Waals surface area contributed by atoms with Crippen molar-refractivity contribution in [1.82, 2.24) is 0 Å². The summed E-state index contributed by atoms with van der Waals surface area (Å²) in [4.78, 5) is 0. The van der Waals surface area contributed by atoms with Crippen molar-refractivity contribution in [3.8, 4) is 5.75 Å². The molecule has 0 bridgehead atoms. The zero-order valence-corrected chi connectivity index (χ0v) is 14.0. The molecule has 0 saturated carbocycles. The predicted molar refractivity (Wildman–Crippen MR) is 90.6 cm³/mol. The molecule has 0 aliphatic heterocycles. The number of hydrogen-bond donors (Lipinski definition) is 0. The monoisotopic (exact) mass is 302 g/mol. The molecule has 0 fully saturated rings. The molecule has 2 aromatic carbocycles. The van der Waals surface area contributed by atoms with Crippen LogP contribution in [0.25, 0.3) is 0 Å². The van der Waals surface area contributed by atoms with Crippen molar-refractivity contribution in [2.24, 2.45) is 0 Å². The zero-order valence-electron chi connectivity index (χ0n) is 13.2. The van der Waals surface area contributed by atoms with E-state index in [0.717, 1.165) is 17.7 Å². The van der Waals surface area contributed by atoms with Gasteiger partial charge < -0.3 is 4.74 Å². The van der Waals surface area contributed by atoms with Crippen molar-refractivity contribution < 1.29 is 4.74 Å². The van der Waals surface area contributed by atoms with E-state index in [2.05, 4.69) is 51.1 Å². The van der Waals surface area contributed by atoms with E-state index in [0.29, 0.717) is 6.61 Å². The smallest absolute Gasteiger partial charge is 0.123 e. The standard InChI is InChI=1S/C19H23ClO/c1-5-21-19-9-7-14(3)11-17(19)18(20)12-16-10-13(2)6-8-15(16)4/h6-11,18H,5,12H2,1-4H3. The minimum atomic E-state index is -0.0769. The van der Waals surface area contributed by atoms with Gasteiger partial charge in [-0.2, -0.15) is 0 Å². The van der Waals surface area contributed by atoms with Crippen molar-refractivity contribution in [2.45, 2.75) is 39.5 Å². The molecule has 2 aromatic rings. The van der Waals surface area contributed by atoms with Gasteiger partial charge in [0.2, 0.25) is 0 Å². The Morgan fingerprint density at radius 2 is 1.67 bits per heavy atom. The lowest BCUT2D eigenvalue weighted by molar-refractivity contribution is 0.336. The van der Waals surface area contributed by atoms with Gasteiger partial charge in [0.25, 0.3) is 0 Å². The first kappa shape index (κ1) is 15.9. The normalized spacial score (nSPS) is 12.2. The van der Waals surface area contributed by atoms with Gasteiger partial charge in [-0.05, 0) is 51.3 Å². The molecule has 0 amide bonds. The molecule has 0 aromatic heterocycles. The van der Waals surface area contributed by atoms with Crippen molar-refractivity contribution >= 4 is 11.6 Å². The van der Waals surface area contributed by atoms with E-state index >= 15 is 0 Å². The van der Waals surface area contributed by atoms with E-state index in [1.54, 1.807) is 0 Å². The average molecular weight is 303 g/mol. The molecule has 0 heterocycles. The third-order valence-electron chi connectivity index (χ3n) is 3.71. The molecule has 0 spiro atoms. The SMILES string of the molecule is CCOc1ccc(C)cc1C(Cl)Cc1cc(C)ccc1C. The maximum Gasteiger partial charge on any atom is 0.123 e. The highest BCUT2D eigenvalue weighted by Crippen LogP contribution is 2.34. The van der Waals surface area contributed by atoms with Crippen LogP contribution in [-0.4, -0.2) is 6.61 Å². The largest absolute Gasteiger partial charge is 0.494 e. The first-order valence-electron chi connectivity index (χ1n) is 7.44. The topological polar surface area (TPSA) is 9.23 Å². The minimum Gasteiger partial charge on any atom is -0.494 e. The van der Waals surface area contributed by atoms with E-state index in [1.165, 1.54) is 22.3 Å². The van der Waals surface area contributed by atoms with Crippen molar-refractivity contribution in [3.05, 3.63) is 64.2 Å². The summed E-state index contributed by atoms with van der Waals surface area (Å²) >= 11 is 6.70. The van der Waals surface area contributed by atoms with Gasteiger partial charge in [0, 0.05) is 5.56 Å². The number of halogens is 1. The summed E-state index contributed by atoms with van der Waals surface area (Å²) in [7, 11) is 0. The Morgan fingerprint density at radius 1 is 1.00 bits per heavy atom. The highest BCUT2D eigenvalue weighted by Gasteiger charge is 2.16. The molecule has 2 heteroatoms. The van der Waals surface area contributed by atoms with Crippen LogP contribution in [0.5, 0.6) is 5.75 Å². The highest BCUT2D eigenvalue weighted by molar-refractivity contribution is 6.21. The molecule has 0 saturated heterocycles. The summed E-state index contributed by atoms with van der Waals surface area (Å²) in [5.74, 6) is 0.897. The van der Waals surface area contributed by atoms with Gasteiger partial charge in [0.15, 0.2) is 0 Å². The lowest BCUT2D eigenvalue weighted by Crippen LogP contribution is -2.03. The third kappa shape index (κ3) is 4.01. The number of aryl methyl sites for hydroxylation is 3. The second-order valence-corrected chi connectivity index (χ2v) is 6.10. The van der Waals surface area contributed by atoms with Crippen LogP contribution < -0.4 is 4.74 Å². The number of benzene rings is 2. The molecule has 2 rings (SSSR count). The summed E-state index contributed by atoms with van der Waals surface area (Å²) in [6, 6.07) is 12.7. The van der Waals surface area contributed by atoms with Gasteiger partial charge in [-0.3, -0.25) is 0 Å². The minimum absolute atomic E-state index is 0.0769. The highest BCUT2D eigenvalue weighted by atomic mass is 35.5.